The molecule has 0 aliphatic carbocycles. The Hall–Kier alpha value is -2.09. The van der Waals surface area contributed by atoms with E-state index in [-0.39, 0.29) is 17.1 Å². The van der Waals surface area contributed by atoms with Gasteiger partial charge in [0.05, 0.1) is 15.9 Å². The van der Waals surface area contributed by atoms with Gasteiger partial charge in [0.2, 0.25) is 10.0 Å². The van der Waals surface area contributed by atoms with Gasteiger partial charge in [-0.15, -0.1) is 0 Å². The first kappa shape index (κ1) is 16.8. The van der Waals surface area contributed by atoms with E-state index in [1.54, 1.807) is 16.7 Å². The number of fused-ring (bicyclic) bond motifs is 1. The van der Waals surface area contributed by atoms with Gasteiger partial charge in [-0.2, -0.15) is 0 Å². The summed E-state index contributed by atoms with van der Waals surface area (Å²) < 4.78 is 28.5. The first-order valence-electron chi connectivity index (χ1n) is 7.40. The summed E-state index contributed by atoms with van der Waals surface area (Å²) in [6.07, 6.45) is 0.488. The Kier molecular flexibility index (Phi) is 4.75. The van der Waals surface area contributed by atoms with Crippen LogP contribution in [0.25, 0.3) is 11.0 Å². The zero-order valence-electron chi connectivity index (χ0n) is 12.7. The maximum Gasteiger partial charge on any atom is 0.326 e. The number of hydrogen-bond donors (Lipinski definition) is 2. The molecule has 1 aromatic heterocycles. The van der Waals surface area contributed by atoms with Gasteiger partial charge >= 0.3 is 5.69 Å². The van der Waals surface area contributed by atoms with E-state index in [2.05, 4.69) is 9.71 Å². The maximum absolute atomic E-state index is 12.2. The van der Waals surface area contributed by atoms with E-state index in [0.717, 1.165) is 11.0 Å². The lowest BCUT2D eigenvalue weighted by Crippen LogP contribution is -2.26. The number of halogens is 1. The Morgan fingerprint density at radius 2 is 1.92 bits per heavy atom. The Morgan fingerprint density at radius 1 is 1.12 bits per heavy atom. The molecule has 24 heavy (non-hydrogen) atoms. The fraction of sp³-hybridized carbons (Fsp3) is 0.188. The predicted molar refractivity (Wildman–Crippen MR) is 93.8 cm³/mol. The number of hydrogen-bond acceptors (Lipinski definition) is 3. The molecule has 0 aliphatic rings. The molecule has 1 heterocycles. The molecule has 126 valence electrons. The predicted octanol–water partition coefficient (Wildman–Crippen LogP) is 2.35. The van der Waals surface area contributed by atoms with Crippen molar-refractivity contribution in [3.05, 3.63) is 64.0 Å². The van der Waals surface area contributed by atoms with E-state index in [1.165, 1.54) is 12.1 Å². The van der Waals surface area contributed by atoms with Gasteiger partial charge in [-0.3, -0.25) is 4.57 Å². The van der Waals surface area contributed by atoms with Gasteiger partial charge < -0.3 is 4.98 Å². The second-order valence-corrected chi connectivity index (χ2v) is 7.51. The fourth-order valence-electron chi connectivity index (χ4n) is 2.49. The molecule has 6 nitrogen and oxygen atoms in total. The van der Waals surface area contributed by atoms with Gasteiger partial charge in [0.1, 0.15) is 0 Å². The van der Waals surface area contributed by atoms with Crippen LogP contribution in [0, 0.1) is 0 Å². The quantitative estimate of drug-likeness (QED) is 0.658. The monoisotopic (exact) mass is 365 g/mol. The molecule has 0 fully saturated rings. The number of rotatable bonds is 6. The Labute approximate surface area is 144 Å². The van der Waals surface area contributed by atoms with E-state index in [4.69, 9.17) is 11.6 Å². The molecule has 3 aromatic rings. The van der Waals surface area contributed by atoms with Gasteiger partial charge in [0.25, 0.3) is 0 Å². The molecule has 0 unspecified atom stereocenters. The molecule has 2 aromatic carbocycles. The lowest BCUT2D eigenvalue weighted by molar-refractivity contribution is 0.569. The third-order valence-corrected chi connectivity index (χ3v) is 5.33. The molecule has 8 heteroatoms. The number of para-hydroxylation sites is 2. The molecule has 3 rings (SSSR count). The third kappa shape index (κ3) is 3.53. The van der Waals surface area contributed by atoms with E-state index in [1.807, 2.05) is 24.3 Å². The molecule has 0 aliphatic heterocycles. The number of nitrogens with one attached hydrogen (secondary N) is 2. The van der Waals surface area contributed by atoms with E-state index >= 15 is 0 Å². The van der Waals surface area contributed by atoms with Crippen molar-refractivity contribution < 1.29 is 8.42 Å². The highest BCUT2D eigenvalue weighted by molar-refractivity contribution is 7.89. The lowest BCUT2D eigenvalue weighted by atomic mass is 10.3. The van der Waals surface area contributed by atoms with Crippen LogP contribution in [0.3, 0.4) is 0 Å². The van der Waals surface area contributed by atoms with Crippen LogP contribution in [-0.4, -0.2) is 24.5 Å². The van der Waals surface area contributed by atoms with E-state index in [0.29, 0.717) is 18.0 Å². The molecule has 0 amide bonds. The molecule has 0 radical (unpaired) electrons. The van der Waals surface area contributed by atoms with Crippen LogP contribution in [0.5, 0.6) is 0 Å². The van der Waals surface area contributed by atoms with Crippen LogP contribution in [0.15, 0.2) is 58.2 Å². The van der Waals surface area contributed by atoms with Crippen molar-refractivity contribution in [3.8, 4) is 0 Å². The number of benzene rings is 2. The minimum atomic E-state index is -3.61. The molecule has 0 saturated heterocycles. The number of nitrogens with zero attached hydrogens (tertiary/aromatic N) is 1. The van der Waals surface area contributed by atoms with Crippen LogP contribution in [0.4, 0.5) is 0 Å². The highest BCUT2D eigenvalue weighted by atomic mass is 35.5. The third-order valence-electron chi connectivity index (χ3n) is 3.64. The number of imidazole rings is 1. The number of H-pyrrole nitrogens is 1. The van der Waals surface area contributed by atoms with Crippen LogP contribution in [0.1, 0.15) is 6.42 Å². The Bertz CT molecular complexity index is 1020. The van der Waals surface area contributed by atoms with Gasteiger partial charge in [0, 0.05) is 18.1 Å². The molecule has 0 spiro atoms. The van der Waals surface area contributed by atoms with Crippen LogP contribution in [-0.2, 0) is 16.6 Å². The highest BCUT2D eigenvalue weighted by Gasteiger charge is 2.13. The molecule has 0 saturated carbocycles. The van der Waals surface area contributed by atoms with Crippen molar-refractivity contribution in [2.45, 2.75) is 17.9 Å². The molecule has 0 atom stereocenters. The van der Waals surface area contributed by atoms with Crippen molar-refractivity contribution in [1.29, 1.82) is 0 Å². The Morgan fingerprint density at radius 3 is 2.71 bits per heavy atom. The van der Waals surface area contributed by atoms with Gasteiger partial charge in [-0.25, -0.2) is 17.9 Å². The normalized spacial score (nSPS) is 11.9. The van der Waals surface area contributed by atoms with Gasteiger partial charge in [-0.1, -0.05) is 29.8 Å². The van der Waals surface area contributed by atoms with Gasteiger partial charge in [0.15, 0.2) is 0 Å². The summed E-state index contributed by atoms with van der Waals surface area (Å²) in [5.74, 6) is 0. The maximum atomic E-state index is 12.2. The molecular weight excluding hydrogens is 350 g/mol. The second kappa shape index (κ2) is 6.80. The minimum absolute atomic E-state index is 0.124. The second-order valence-electron chi connectivity index (χ2n) is 5.31. The molecule has 2 N–H and O–H groups in total. The van der Waals surface area contributed by atoms with Crippen molar-refractivity contribution in [2.24, 2.45) is 0 Å². The fourth-order valence-corrected chi connectivity index (χ4v) is 3.86. The van der Waals surface area contributed by atoms with Crippen LogP contribution >= 0.6 is 11.6 Å². The summed E-state index contributed by atoms with van der Waals surface area (Å²) >= 11 is 5.82. The number of aromatic amines is 1. The molecule has 0 bridgehead atoms. The average molecular weight is 366 g/mol. The first-order valence-corrected chi connectivity index (χ1v) is 9.26. The number of aryl methyl sites for hydroxylation is 1. The standard InChI is InChI=1S/C16H16ClN3O3S/c17-12-5-3-6-13(11-12)24(22,23)18-9-4-10-20-15-8-2-1-7-14(15)19-16(20)21/h1-3,5-8,11,18H,4,9-10H2,(H,19,21). The summed E-state index contributed by atoms with van der Waals surface area (Å²) in [5.41, 5.74) is 1.37. The number of sulfonamides is 1. The summed E-state index contributed by atoms with van der Waals surface area (Å²) in [4.78, 5) is 14.8. The summed E-state index contributed by atoms with van der Waals surface area (Å²) in [7, 11) is -3.61. The van der Waals surface area contributed by atoms with E-state index in [9.17, 15) is 13.2 Å². The van der Waals surface area contributed by atoms with Crippen molar-refractivity contribution in [3.63, 3.8) is 0 Å². The first-order chi connectivity index (χ1) is 11.5. The zero-order chi connectivity index (χ0) is 17.2. The SMILES string of the molecule is O=c1[nH]c2ccccc2n1CCCNS(=O)(=O)c1cccc(Cl)c1. The van der Waals surface area contributed by atoms with Crippen molar-refractivity contribution >= 4 is 32.7 Å². The van der Waals surface area contributed by atoms with Crippen molar-refractivity contribution in [2.75, 3.05) is 6.54 Å². The highest BCUT2D eigenvalue weighted by Crippen LogP contribution is 2.15. The summed E-state index contributed by atoms with van der Waals surface area (Å²) in [5, 5.41) is 0.364. The zero-order valence-corrected chi connectivity index (χ0v) is 14.3. The summed E-state index contributed by atoms with van der Waals surface area (Å²) in [6.45, 7) is 0.641. The minimum Gasteiger partial charge on any atom is -0.306 e. The topological polar surface area (TPSA) is 84.0 Å². The van der Waals surface area contributed by atoms with E-state index < -0.39 is 10.0 Å². The summed E-state index contributed by atoms with van der Waals surface area (Å²) in [6, 6.07) is 13.5. The van der Waals surface area contributed by atoms with Gasteiger partial charge in [-0.05, 0) is 36.8 Å². The smallest absolute Gasteiger partial charge is 0.306 e. The van der Waals surface area contributed by atoms with Crippen LogP contribution in [0.2, 0.25) is 5.02 Å². The lowest BCUT2D eigenvalue weighted by Gasteiger charge is -2.07. The molecular formula is C16H16ClN3O3S. The Balaban J connectivity index is 1.64. The average Bonchev–Trinajstić information content (AvgIpc) is 2.87. The van der Waals surface area contributed by atoms with Crippen molar-refractivity contribution in [1.82, 2.24) is 14.3 Å². The van der Waals surface area contributed by atoms with Crippen LogP contribution < -0.4 is 10.4 Å². The number of aromatic nitrogens is 2. The largest absolute Gasteiger partial charge is 0.326 e.